The molecule has 2 bridgehead atoms. The van der Waals surface area contributed by atoms with Gasteiger partial charge in [0, 0.05) is 22.8 Å². The third-order valence-electron chi connectivity index (χ3n) is 9.91. The lowest BCUT2D eigenvalue weighted by Gasteiger charge is -2.44. The van der Waals surface area contributed by atoms with Crippen molar-refractivity contribution in [2.75, 3.05) is 18.6 Å². The minimum Gasteiger partial charge on any atom is -0.493 e. The predicted molar refractivity (Wildman–Crippen MR) is 172 cm³/mol. The quantitative estimate of drug-likeness (QED) is 0.268. The van der Waals surface area contributed by atoms with E-state index in [1.807, 2.05) is 62.4 Å². The monoisotopic (exact) mass is 656 g/mol. The predicted octanol–water partition coefficient (Wildman–Crippen LogP) is 7.83. The van der Waals surface area contributed by atoms with E-state index in [1.165, 1.54) is 0 Å². The molecule has 6 rings (SSSR count). The van der Waals surface area contributed by atoms with Gasteiger partial charge < -0.3 is 19.5 Å². The van der Waals surface area contributed by atoms with Crippen LogP contribution in [0.25, 0.3) is 0 Å². The fourth-order valence-electron chi connectivity index (χ4n) is 7.72. The Labute approximate surface area is 273 Å². The minimum absolute atomic E-state index is 0.0883. The van der Waals surface area contributed by atoms with E-state index in [0.29, 0.717) is 53.5 Å². The van der Waals surface area contributed by atoms with Crippen LogP contribution in [0.15, 0.2) is 60.7 Å². The average Bonchev–Trinajstić information content (AvgIpc) is 3.20. The maximum Gasteiger partial charge on any atom is 0.401 e. The molecule has 0 aliphatic carbocycles. The first-order valence-corrected chi connectivity index (χ1v) is 16.2. The number of methoxy groups -OCH3 is 1. The first-order valence-electron chi connectivity index (χ1n) is 15.9. The summed E-state index contributed by atoms with van der Waals surface area (Å²) in [4.78, 5) is 17.3. The Balaban J connectivity index is 1.32. The number of carbonyl (C=O) groups excluding carboxylic acids is 1. The zero-order valence-electron chi connectivity index (χ0n) is 26.5. The number of rotatable bonds is 8. The van der Waals surface area contributed by atoms with Gasteiger partial charge in [-0.2, -0.15) is 13.2 Å². The van der Waals surface area contributed by atoms with Crippen molar-refractivity contribution < 1.29 is 32.5 Å². The molecule has 0 saturated carbocycles. The molecule has 1 N–H and O–H groups in total. The molecule has 2 saturated heterocycles. The van der Waals surface area contributed by atoms with Gasteiger partial charge in [-0.25, -0.2) is 0 Å². The average molecular weight is 657 g/mol. The summed E-state index contributed by atoms with van der Waals surface area (Å²) in [6.07, 6.45) is -1.72. The molecule has 10 heteroatoms. The second kappa shape index (κ2) is 12.4. The Morgan fingerprint density at radius 2 is 1.61 bits per heavy atom. The van der Waals surface area contributed by atoms with Gasteiger partial charge in [0.2, 0.25) is 5.91 Å². The molecule has 0 radical (unpaired) electrons. The number of benzene rings is 3. The fourth-order valence-corrected chi connectivity index (χ4v) is 7.85. The number of amides is 1. The number of alkyl halides is 3. The van der Waals surface area contributed by atoms with Crippen LogP contribution in [0.3, 0.4) is 0 Å². The number of nitrogens with zero attached hydrogens (tertiary/aromatic N) is 2. The summed E-state index contributed by atoms with van der Waals surface area (Å²) in [5, 5.41) is 12.4. The largest absolute Gasteiger partial charge is 0.493 e. The Morgan fingerprint density at radius 3 is 2.17 bits per heavy atom. The minimum atomic E-state index is -4.24. The Kier molecular flexibility index (Phi) is 8.80. The van der Waals surface area contributed by atoms with Gasteiger partial charge in [-0.3, -0.25) is 9.69 Å². The summed E-state index contributed by atoms with van der Waals surface area (Å²) in [5.41, 5.74) is 2.73. The van der Waals surface area contributed by atoms with E-state index < -0.39 is 24.4 Å². The molecule has 3 aromatic rings. The van der Waals surface area contributed by atoms with Crippen LogP contribution in [-0.4, -0.2) is 53.9 Å². The summed E-state index contributed by atoms with van der Waals surface area (Å²) in [6, 6.07) is 17.8. The molecule has 3 aromatic carbocycles. The zero-order chi connectivity index (χ0) is 33.0. The molecular formula is C36H40ClF3N2O4. The van der Waals surface area contributed by atoms with Gasteiger partial charge in [0.1, 0.15) is 0 Å². The molecule has 0 spiro atoms. The molecule has 3 aliphatic heterocycles. The van der Waals surface area contributed by atoms with Crippen molar-refractivity contribution in [2.24, 2.45) is 5.92 Å². The van der Waals surface area contributed by atoms with Crippen LogP contribution in [0.2, 0.25) is 5.02 Å². The molecule has 2 fully saturated rings. The van der Waals surface area contributed by atoms with Crippen molar-refractivity contribution >= 4 is 23.2 Å². The first kappa shape index (κ1) is 32.7. The van der Waals surface area contributed by atoms with Crippen LogP contribution in [-0.2, 0) is 16.8 Å². The van der Waals surface area contributed by atoms with Gasteiger partial charge in [0.25, 0.3) is 0 Å². The second-order valence-corrected chi connectivity index (χ2v) is 13.7. The van der Waals surface area contributed by atoms with Gasteiger partial charge >= 0.3 is 6.18 Å². The number of aliphatic hydroxyl groups is 1. The SMILES string of the molecule is COc1cc2c(cc1OC(C)C)C(c1ccc(Cl)cc1)N(c1ccc([C@@](C)(O)C3CC4CCC(C3)N4CC(F)(F)F)cc1)C(=O)C2. The number of carbonyl (C=O) groups is 1. The summed E-state index contributed by atoms with van der Waals surface area (Å²) >= 11 is 6.24. The molecule has 46 heavy (non-hydrogen) atoms. The summed E-state index contributed by atoms with van der Waals surface area (Å²) in [5.74, 6) is 0.874. The molecule has 0 aromatic heterocycles. The van der Waals surface area contributed by atoms with Crippen molar-refractivity contribution in [2.45, 2.75) is 88.9 Å². The van der Waals surface area contributed by atoms with Crippen molar-refractivity contribution in [3.63, 3.8) is 0 Å². The summed E-state index contributed by atoms with van der Waals surface area (Å²) in [7, 11) is 1.58. The van der Waals surface area contributed by atoms with E-state index >= 15 is 0 Å². The smallest absolute Gasteiger partial charge is 0.401 e. The number of hydrogen-bond acceptors (Lipinski definition) is 5. The molecule has 3 heterocycles. The third-order valence-corrected chi connectivity index (χ3v) is 10.2. The van der Waals surface area contributed by atoms with Crippen molar-refractivity contribution in [3.8, 4) is 11.5 Å². The molecule has 246 valence electrons. The number of anilines is 1. The Bertz CT molecular complexity index is 1560. The second-order valence-electron chi connectivity index (χ2n) is 13.3. The van der Waals surface area contributed by atoms with Crippen LogP contribution in [0, 0.1) is 5.92 Å². The van der Waals surface area contributed by atoms with Gasteiger partial charge in [-0.1, -0.05) is 35.9 Å². The third kappa shape index (κ3) is 6.34. The zero-order valence-corrected chi connectivity index (χ0v) is 27.2. The fraction of sp³-hybridized carbons (Fsp3) is 0.472. The van der Waals surface area contributed by atoms with E-state index in [-0.39, 0.29) is 36.4 Å². The lowest BCUT2D eigenvalue weighted by Crippen LogP contribution is -2.50. The Hall–Kier alpha value is -3.27. The number of hydrogen-bond donors (Lipinski definition) is 1. The van der Waals surface area contributed by atoms with Gasteiger partial charge in [-0.15, -0.1) is 0 Å². The standard InChI is InChI=1S/C36H40ClF3N2O4/c1-21(2)46-32-19-30-23(15-31(32)45-4)16-33(43)42(34(30)22-5-9-26(37)10-6-22)27-11-7-24(8-12-27)35(3,44)25-17-28-13-14-29(18-25)41(28)20-36(38,39)40/h5-12,15,19,21,25,28-29,34,44H,13-14,16-18,20H2,1-4H3/t25?,28?,29?,34?,35-/m1/s1. The van der Waals surface area contributed by atoms with Crippen LogP contribution in [0.5, 0.6) is 11.5 Å². The highest BCUT2D eigenvalue weighted by molar-refractivity contribution is 6.30. The van der Waals surface area contributed by atoms with Gasteiger partial charge in [0.05, 0.1) is 37.8 Å². The highest BCUT2D eigenvalue weighted by Crippen LogP contribution is 2.48. The lowest BCUT2D eigenvalue weighted by molar-refractivity contribution is -0.161. The van der Waals surface area contributed by atoms with Crippen molar-refractivity contribution in [1.82, 2.24) is 4.90 Å². The molecule has 6 nitrogen and oxygen atoms in total. The summed E-state index contributed by atoms with van der Waals surface area (Å²) < 4.78 is 51.4. The van der Waals surface area contributed by atoms with E-state index in [0.717, 1.165) is 16.7 Å². The molecule has 4 atom stereocenters. The molecule has 3 unspecified atom stereocenters. The topological polar surface area (TPSA) is 62.2 Å². The van der Waals surface area contributed by atoms with Gasteiger partial charge in [-0.05, 0) is 111 Å². The van der Waals surface area contributed by atoms with Crippen LogP contribution in [0.1, 0.15) is 74.8 Å². The number of halogens is 4. The first-order chi connectivity index (χ1) is 21.7. The van der Waals surface area contributed by atoms with E-state index in [4.69, 9.17) is 21.1 Å². The maximum atomic E-state index is 13.9. The highest BCUT2D eigenvalue weighted by Gasteiger charge is 2.49. The van der Waals surface area contributed by atoms with Crippen LogP contribution < -0.4 is 14.4 Å². The molecule has 3 aliphatic rings. The van der Waals surface area contributed by atoms with Gasteiger partial charge in [0.15, 0.2) is 11.5 Å². The number of ether oxygens (including phenoxy) is 2. The number of fused-ring (bicyclic) bond motifs is 3. The maximum absolute atomic E-state index is 13.9. The van der Waals surface area contributed by atoms with Crippen LogP contribution in [0.4, 0.5) is 18.9 Å². The normalized spacial score (nSPS) is 24.6. The van der Waals surface area contributed by atoms with Crippen molar-refractivity contribution in [3.05, 3.63) is 87.9 Å². The van der Waals surface area contributed by atoms with Crippen LogP contribution >= 0.6 is 11.6 Å². The number of piperidine rings is 1. The highest BCUT2D eigenvalue weighted by atomic mass is 35.5. The van der Waals surface area contributed by atoms with E-state index in [2.05, 4.69) is 0 Å². The van der Waals surface area contributed by atoms with E-state index in [1.54, 1.807) is 36.0 Å². The molecular weight excluding hydrogens is 617 g/mol. The Morgan fingerprint density at radius 1 is 0.978 bits per heavy atom. The van der Waals surface area contributed by atoms with E-state index in [9.17, 15) is 23.1 Å². The molecule has 1 amide bonds. The van der Waals surface area contributed by atoms with Crippen molar-refractivity contribution in [1.29, 1.82) is 0 Å². The summed E-state index contributed by atoms with van der Waals surface area (Å²) in [6.45, 7) is 4.75. The lowest BCUT2D eigenvalue weighted by atomic mass is 9.75.